The maximum Gasteiger partial charge on any atom is 0.261 e. The highest BCUT2D eigenvalue weighted by Gasteiger charge is 2.25. The van der Waals surface area contributed by atoms with Gasteiger partial charge < -0.3 is 15.4 Å². The van der Waals surface area contributed by atoms with Gasteiger partial charge in [-0.05, 0) is 61.7 Å². The third kappa shape index (κ3) is 5.49. The molecular formula is C26H27N3O3S. The second-order valence-corrected chi connectivity index (χ2v) is 9.08. The molecule has 0 bridgehead atoms. The van der Waals surface area contributed by atoms with Crippen LogP contribution in [0.5, 0.6) is 11.5 Å². The molecule has 1 aromatic heterocycles. The number of amides is 2. The number of nitrogens with zero attached hydrogens (tertiary/aromatic N) is 2. The lowest BCUT2D eigenvalue weighted by atomic mass is 9.96. The molecule has 3 aromatic rings. The van der Waals surface area contributed by atoms with Gasteiger partial charge in [0.25, 0.3) is 5.91 Å². The number of hydrogen-bond acceptors (Lipinski definition) is 5. The number of carbonyl (C=O) groups is 2. The average molecular weight is 462 g/mol. The molecule has 0 radical (unpaired) electrons. The zero-order chi connectivity index (χ0) is 23.2. The van der Waals surface area contributed by atoms with E-state index < -0.39 is 5.91 Å². The van der Waals surface area contributed by atoms with Crippen molar-refractivity contribution in [1.29, 1.82) is 0 Å². The summed E-state index contributed by atoms with van der Waals surface area (Å²) in [6, 6.07) is 17.1. The molecule has 1 fully saturated rings. The van der Waals surface area contributed by atoms with Crippen LogP contribution >= 0.6 is 11.3 Å². The third-order valence-corrected chi connectivity index (χ3v) is 7.02. The Bertz CT molecular complexity index is 1130. The molecule has 0 spiro atoms. The quantitative estimate of drug-likeness (QED) is 0.500. The van der Waals surface area contributed by atoms with Crippen LogP contribution < -0.4 is 10.5 Å². The Kier molecular flexibility index (Phi) is 7.19. The summed E-state index contributed by atoms with van der Waals surface area (Å²) < 4.78 is 5.86. The summed E-state index contributed by atoms with van der Waals surface area (Å²) in [7, 11) is 0. The van der Waals surface area contributed by atoms with Gasteiger partial charge in [-0.25, -0.2) is 4.98 Å². The van der Waals surface area contributed by atoms with E-state index in [4.69, 9.17) is 15.5 Å². The summed E-state index contributed by atoms with van der Waals surface area (Å²) in [5, 5.41) is 0.899. The second-order valence-electron chi connectivity index (χ2n) is 8.04. The number of nitrogens with two attached hydrogens (primary N) is 1. The molecule has 33 heavy (non-hydrogen) atoms. The molecule has 1 atom stereocenters. The minimum Gasteiger partial charge on any atom is -0.457 e. The van der Waals surface area contributed by atoms with Crippen LogP contribution in [0.1, 0.15) is 46.3 Å². The molecule has 2 N–H and O–H groups in total. The van der Waals surface area contributed by atoms with Gasteiger partial charge in [0.1, 0.15) is 16.4 Å². The summed E-state index contributed by atoms with van der Waals surface area (Å²) >= 11 is 1.37. The number of likely N-dealkylation sites (tertiary alicyclic amines) is 1. The van der Waals surface area contributed by atoms with Crippen molar-refractivity contribution < 1.29 is 14.3 Å². The van der Waals surface area contributed by atoms with Crippen LogP contribution in [-0.4, -0.2) is 34.8 Å². The fourth-order valence-electron chi connectivity index (χ4n) is 4.04. The van der Waals surface area contributed by atoms with Gasteiger partial charge >= 0.3 is 0 Å². The number of primary amides is 1. The number of aromatic nitrogens is 1. The van der Waals surface area contributed by atoms with Crippen molar-refractivity contribution in [2.24, 2.45) is 5.73 Å². The molecule has 0 unspecified atom stereocenters. The molecule has 1 saturated heterocycles. The minimum absolute atomic E-state index is 0.0360. The smallest absolute Gasteiger partial charge is 0.261 e. The van der Waals surface area contributed by atoms with Crippen molar-refractivity contribution in [3.63, 3.8) is 0 Å². The molecule has 2 heterocycles. The zero-order valence-electron chi connectivity index (χ0n) is 18.4. The third-order valence-electron chi connectivity index (χ3n) is 5.79. The molecule has 4 rings (SSSR count). The molecule has 1 aliphatic rings. The predicted octanol–water partition coefficient (Wildman–Crippen LogP) is 5.37. The van der Waals surface area contributed by atoms with E-state index >= 15 is 0 Å². The van der Waals surface area contributed by atoms with Gasteiger partial charge in [-0.3, -0.25) is 9.59 Å². The van der Waals surface area contributed by atoms with Crippen molar-refractivity contribution in [2.45, 2.75) is 31.6 Å². The highest BCUT2D eigenvalue weighted by atomic mass is 32.1. The first-order chi connectivity index (χ1) is 16.0. The van der Waals surface area contributed by atoms with Crippen LogP contribution in [-0.2, 0) is 4.79 Å². The maximum absolute atomic E-state index is 12.2. The van der Waals surface area contributed by atoms with E-state index in [0.29, 0.717) is 22.9 Å². The second kappa shape index (κ2) is 10.4. The maximum atomic E-state index is 12.2. The van der Waals surface area contributed by atoms with E-state index in [1.165, 1.54) is 17.4 Å². The summed E-state index contributed by atoms with van der Waals surface area (Å²) in [4.78, 5) is 31.4. The van der Waals surface area contributed by atoms with Crippen molar-refractivity contribution in [1.82, 2.24) is 9.88 Å². The van der Waals surface area contributed by atoms with Crippen LogP contribution in [0, 0.1) is 0 Å². The summed E-state index contributed by atoms with van der Waals surface area (Å²) in [5.41, 5.74) is 7.13. The van der Waals surface area contributed by atoms with Gasteiger partial charge in [-0.2, -0.15) is 0 Å². The SMILES string of the molecule is C=CC(=O)N1CCCC[C@H](c2nc(-c3ccc(Oc4ccccc4)cc3)c(C(N)=O)s2)CC1. The fourth-order valence-corrected chi connectivity index (χ4v) is 5.15. The molecule has 6 nitrogen and oxygen atoms in total. The van der Waals surface area contributed by atoms with E-state index in [1.54, 1.807) is 0 Å². The summed E-state index contributed by atoms with van der Waals surface area (Å²) in [5.74, 6) is 1.13. The monoisotopic (exact) mass is 461 g/mol. The van der Waals surface area contributed by atoms with Crippen LogP contribution in [0.15, 0.2) is 67.3 Å². The molecule has 0 aliphatic carbocycles. The molecule has 0 saturated carbocycles. The summed E-state index contributed by atoms with van der Waals surface area (Å²) in [6.45, 7) is 5.01. The first-order valence-corrected chi connectivity index (χ1v) is 11.9. The Balaban J connectivity index is 1.55. The van der Waals surface area contributed by atoms with Crippen molar-refractivity contribution >= 4 is 23.2 Å². The van der Waals surface area contributed by atoms with Crippen molar-refractivity contribution in [2.75, 3.05) is 13.1 Å². The molecule has 170 valence electrons. The number of carbonyl (C=O) groups excluding carboxylic acids is 2. The van der Waals surface area contributed by atoms with Crippen molar-refractivity contribution in [3.05, 3.63) is 77.1 Å². The highest BCUT2D eigenvalue weighted by molar-refractivity contribution is 7.14. The number of thiazole rings is 1. The normalized spacial score (nSPS) is 16.5. The first kappa shape index (κ1) is 22.7. The molecule has 2 aromatic carbocycles. The molecular weight excluding hydrogens is 434 g/mol. The van der Waals surface area contributed by atoms with Gasteiger partial charge in [-0.1, -0.05) is 31.2 Å². The van der Waals surface area contributed by atoms with Crippen LogP contribution in [0.3, 0.4) is 0 Å². The van der Waals surface area contributed by atoms with E-state index in [-0.39, 0.29) is 11.8 Å². The fraction of sp³-hybridized carbons (Fsp3) is 0.269. The molecule has 2 amide bonds. The van der Waals surface area contributed by atoms with Crippen LogP contribution in [0.25, 0.3) is 11.3 Å². The van der Waals surface area contributed by atoms with Gasteiger partial charge in [0.15, 0.2) is 0 Å². The minimum atomic E-state index is -0.479. The molecule has 7 heteroatoms. The van der Waals surface area contributed by atoms with Gasteiger partial charge in [0, 0.05) is 24.6 Å². The first-order valence-electron chi connectivity index (χ1n) is 11.1. The highest BCUT2D eigenvalue weighted by Crippen LogP contribution is 2.37. The Morgan fingerprint density at radius 2 is 1.76 bits per heavy atom. The number of rotatable bonds is 6. The Morgan fingerprint density at radius 1 is 1.03 bits per heavy atom. The number of benzene rings is 2. The van der Waals surface area contributed by atoms with Crippen LogP contribution in [0.4, 0.5) is 0 Å². The lowest BCUT2D eigenvalue weighted by molar-refractivity contribution is -0.126. The van der Waals surface area contributed by atoms with Gasteiger partial charge in [-0.15, -0.1) is 11.3 Å². The van der Waals surface area contributed by atoms with Crippen molar-refractivity contribution in [3.8, 4) is 22.8 Å². The Morgan fingerprint density at radius 3 is 2.45 bits per heavy atom. The number of ether oxygens (including phenoxy) is 1. The van der Waals surface area contributed by atoms with E-state index in [1.807, 2.05) is 59.5 Å². The van der Waals surface area contributed by atoms with E-state index in [0.717, 1.165) is 48.5 Å². The largest absolute Gasteiger partial charge is 0.457 e. The molecule has 1 aliphatic heterocycles. The van der Waals surface area contributed by atoms with Crippen LogP contribution in [0.2, 0.25) is 0 Å². The lowest BCUT2D eigenvalue weighted by Crippen LogP contribution is -2.33. The predicted molar refractivity (Wildman–Crippen MR) is 131 cm³/mol. The number of hydrogen-bond donors (Lipinski definition) is 1. The van der Waals surface area contributed by atoms with Gasteiger partial charge in [0.05, 0.1) is 10.7 Å². The topological polar surface area (TPSA) is 85.5 Å². The van der Waals surface area contributed by atoms with Gasteiger partial charge in [0.2, 0.25) is 5.91 Å². The number of para-hydroxylation sites is 1. The van der Waals surface area contributed by atoms with E-state index in [9.17, 15) is 9.59 Å². The Labute approximate surface area is 197 Å². The zero-order valence-corrected chi connectivity index (χ0v) is 19.2. The lowest BCUT2D eigenvalue weighted by Gasteiger charge is -2.26. The average Bonchev–Trinajstić information content (AvgIpc) is 3.25. The van der Waals surface area contributed by atoms with E-state index in [2.05, 4.69) is 6.58 Å². The Hall–Kier alpha value is -3.45. The standard InChI is InChI=1S/C26H27N3O3S/c1-2-22(30)29-16-7-6-8-19(15-17-29)26-28-23(24(33-26)25(27)31)18-11-13-21(14-12-18)32-20-9-4-3-5-10-20/h2-5,9-14,19H,1,6-8,15-17H2,(H2,27,31)/t19-/m0/s1. The summed E-state index contributed by atoms with van der Waals surface area (Å²) in [6.07, 6.45) is 5.09.